The van der Waals surface area contributed by atoms with Gasteiger partial charge in [-0.3, -0.25) is 0 Å². The fraction of sp³-hybridized carbons (Fsp3) is 0.286. The molecule has 0 bridgehead atoms. The third-order valence-electron chi connectivity index (χ3n) is 2.65. The van der Waals surface area contributed by atoms with E-state index < -0.39 is 12.0 Å². The van der Waals surface area contributed by atoms with Gasteiger partial charge in [0.05, 0.1) is 5.69 Å². The van der Waals surface area contributed by atoms with Gasteiger partial charge in [0.15, 0.2) is 0 Å². The highest BCUT2D eigenvalue weighted by atomic mass is 19.4. The number of hydrogen-bond acceptors (Lipinski definition) is 3. The summed E-state index contributed by atoms with van der Waals surface area (Å²) in [6, 6.07) is 8.70. The lowest BCUT2D eigenvalue weighted by atomic mass is 10.1. The van der Waals surface area contributed by atoms with Gasteiger partial charge in [-0.1, -0.05) is 23.8 Å². The predicted octanol–water partition coefficient (Wildman–Crippen LogP) is 3.90. The first-order valence-corrected chi connectivity index (χ1v) is 6.17. The van der Waals surface area contributed by atoms with Crippen LogP contribution in [0.3, 0.4) is 0 Å². The van der Waals surface area contributed by atoms with Crippen LogP contribution in [-0.4, -0.2) is 16.5 Å². The van der Waals surface area contributed by atoms with E-state index in [1.165, 1.54) is 6.07 Å². The second-order valence-electron chi connectivity index (χ2n) is 4.36. The lowest BCUT2D eigenvalue weighted by Gasteiger charge is -2.11. The number of nitrogens with one attached hydrogen (secondary N) is 1. The van der Waals surface area contributed by atoms with Crippen molar-refractivity contribution in [2.24, 2.45) is 0 Å². The minimum absolute atomic E-state index is 0.173. The van der Waals surface area contributed by atoms with E-state index in [4.69, 9.17) is 0 Å². The maximum atomic E-state index is 12.8. The zero-order valence-corrected chi connectivity index (χ0v) is 11.1. The van der Waals surface area contributed by atoms with Gasteiger partial charge in [-0.05, 0) is 19.9 Å². The predicted molar refractivity (Wildman–Crippen MR) is 71.4 cm³/mol. The fourth-order valence-corrected chi connectivity index (χ4v) is 1.80. The van der Waals surface area contributed by atoms with Crippen LogP contribution in [0.1, 0.15) is 18.3 Å². The Morgan fingerprint density at radius 2 is 1.90 bits per heavy atom. The average molecular weight is 281 g/mol. The van der Waals surface area contributed by atoms with E-state index in [0.717, 1.165) is 5.56 Å². The molecule has 0 saturated heterocycles. The Kier molecular flexibility index (Phi) is 3.92. The SMILES string of the molecule is CCNc1cc(-c2cccc(C)c2)nc(C(F)(F)F)n1. The Bertz CT molecular complexity index is 609. The van der Waals surface area contributed by atoms with Crippen LogP contribution in [-0.2, 0) is 6.18 Å². The lowest BCUT2D eigenvalue weighted by Crippen LogP contribution is -2.13. The number of aryl methyl sites for hydroxylation is 1. The van der Waals surface area contributed by atoms with E-state index in [1.807, 2.05) is 13.0 Å². The van der Waals surface area contributed by atoms with Gasteiger partial charge in [-0.15, -0.1) is 0 Å². The summed E-state index contributed by atoms with van der Waals surface area (Å²) >= 11 is 0. The zero-order valence-electron chi connectivity index (χ0n) is 11.1. The van der Waals surface area contributed by atoms with E-state index in [-0.39, 0.29) is 11.5 Å². The molecule has 0 radical (unpaired) electrons. The van der Waals surface area contributed by atoms with Crippen LogP contribution in [0.25, 0.3) is 11.3 Å². The van der Waals surface area contributed by atoms with Crippen molar-refractivity contribution in [1.29, 1.82) is 0 Å². The number of anilines is 1. The number of aromatic nitrogens is 2. The molecule has 0 amide bonds. The molecule has 1 aromatic heterocycles. The van der Waals surface area contributed by atoms with E-state index in [2.05, 4.69) is 15.3 Å². The van der Waals surface area contributed by atoms with Crippen molar-refractivity contribution in [3.63, 3.8) is 0 Å². The molecule has 0 aliphatic rings. The van der Waals surface area contributed by atoms with Gasteiger partial charge in [-0.2, -0.15) is 13.2 Å². The Labute approximate surface area is 114 Å². The van der Waals surface area contributed by atoms with Gasteiger partial charge in [0.25, 0.3) is 0 Å². The second-order valence-corrected chi connectivity index (χ2v) is 4.36. The molecule has 2 rings (SSSR count). The zero-order chi connectivity index (χ0) is 14.8. The normalized spacial score (nSPS) is 11.4. The van der Waals surface area contributed by atoms with E-state index in [1.54, 1.807) is 25.1 Å². The third kappa shape index (κ3) is 3.26. The van der Waals surface area contributed by atoms with Gasteiger partial charge < -0.3 is 5.32 Å². The number of rotatable bonds is 3. The summed E-state index contributed by atoms with van der Waals surface area (Å²) in [5, 5.41) is 2.79. The summed E-state index contributed by atoms with van der Waals surface area (Å²) in [7, 11) is 0. The molecular weight excluding hydrogens is 267 g/mol. The molecule has 6 heteroatoms. The van der Waals surface area contributed by atoms with E-state index in [0.29, 0.717) is 12.1 Å². The number of alkyl halides is 3. The van der Waals surface area contributed by atoms with Crippen molar-refractivity contribution in [3.05, 3.63) is 41.7 Å². The second kappa shape index (κ2) is 5.48. The van der Waals surface area contributed by atoms with Crippen molar-refractivity contribution in [1.82, 2.24) is 9.97 Å². The van der Waals surface area contributed by atoms with Crippen molar-refractivity contribution in [3.8, 4) is 11.3 Å². The first kappa shape index (κ1) is 14.3. The molecule has 1 N–H and O–H groups in total. The third-order valence-corrected chi connectivity index (χ3v) is 2.65. The van der Waals surface area contributed by atoms with Crippen LogP contribution < -0.4 is 5.32 Å². The standard InChI is InChI=1S/C14H14F3N3/c1-3-18-12-8-11(10-6-4-5-9(2)7-10)19-13(20-12)14(15,16)17/h4-8H,3H2,1-2H3,(H,18,19,20). The first-order chi connectivity index (χ1) is 9.40. The molecule has 0 unspecified atom stereocenters. The molecule has 1 aromatic carbocycles. The summed E-state index contributed by atoms with van der Waals surface area (Å²) in [6.07, 6.45) is -4.57. The topological polar surface area (TPSA) is 37.8 Å². The summed E-state index contributed by atoms with van der Waals surface area (Å²) in [5.74, 6) is -0.959. The molecule has 1 heterocycles. The minimum atomic E-state index is -4.57. The molecule has 0 aliphatic carbocycles. The number of nitrogens with zero attached hydrogens (tertiary/aromatic N) is 2. The summed E-state index contributed by atoms with van der Waals surface area (Å²) in [6.45, 7) is 4.16. The monoisotopic (exact) mass is 281 g/mol. The Morgan fingerprint density at radius 1 is 1.15 bits per heavy atom. The Hall–Kier alpha value is -2.11. The van der Waals surface area contributed by atoms with Crippen molar-refractivity contribution in [2.45, 2.75) is 20.0 Å². The first-order valence-electron chi connectivity index (χ1n) is 6.17. The molecule has 2 aromatic rings. The Balaban J connectivity index is 2.54. The van der Waals surface area contributed by atoms with Gasteiger partial charge in [0.2, 0.25) is 5.82 Å². The van der Waals surface area contributed by atoms with E-state index in [9.17, 15) is 13.2 Å². The maximum Gasteiger partial charge on any atom is 0.451 e. The van der Waals surface area contributed by atoms with Gasteiger partial charge >= 0.3 is 6.18 Å². The molecule has 0 spiro atoms. The van der Waals surface area contributed by atoms with Gasteiger partial charge in [-0.25, -0.2) is 9.97 Å². The van der Waals surface area contributed by atoms with Gasteiger partial charge in [0, 0.05) is 18.2 Å². The smallest absolute Gasteiger partial charge is 0.370 e. The highest BCUT2D eigenvalue weighted by Crippen LogP contribution is 2.30. The van der Waals surface area contributed by atoms with Crippen LogP contribution in [0.15, 0.2) is 30.3 Å². The van der Waals surface area contributed by atoms with Crippen LogP contribution in [0.4, 0.5) is 19.0 Å². The summed E-state index contributed by atoms with van der Waals surface area (Å²) < 4.78 is 38.5. The maximum absolute atomic E-state index is 12.8. The van der Waals surface area contributed by atoms with Crippen LogP contribution in [0.5, 0.6) is 0 Å². The highest BCUT2D eigenvalue weighted by molar-refractivity contribution is 5.63. The van der Waals surface area contributed by atoms with Crippen molar-refractivity contribution < 1.29 is 13.2 Å². The number of halogens is 3. The molecule has 106 valence electrons. The minimum Gasteiger partial charge on any atom is -0.370 e. The average Bonchev–Trinajstić information content (AvgIpc) is 2.38. The Morgan fingerprint density at radius 3 is 2.50 bits per heavy atom. The van der Waals surface area contributed by atoms with E-state index >= 15 is 0 Å². The van der Waals surface area contributed by atoms with Crippen LogP contribution in [0.2, 0.25) is 0 Å². The largest absolute Gasteiger partial charge is 0.451 e. The number of benzene rings is 1. The molecule has 3 nitrogen and oxygen atoms in total. The lowest BCUT2D eigenvalue weighted by molar-refractivity contribution is -0.144. The molecule has 0 saturated carbocycles. The van der Waals surface area contributed by atoms with Gasteiger partial charge in [0.1, 0.15) is 5.82 Å². The molecule has 20 heavy (non-hydrogen) atoms. The molecule has 0 aliphatic heterocycles. The summed E-state index contributed by atoms with van der Waals surface area (Å²) in [5.41, 5.74) is 1.85. The number of hydrogen-bond donors (Lipinski definition) is 1. The summed E-state index contributed by atoms with van der Waals surface area (Å²) in [4.78, 5) is 7.12. The molecule has 0 atom stereocenters. The van der Waals surface area contributed by atoms with Crippen LogP contribution in [0, 0.1) is 6.92 Å². The molecule has 0 fully saturated rings. The fourth-order valence-electron chi connectivity index (χ4n) is 1.80. The van der Waals surface area contributed by atoms with Crippen LogP contribution >= 0.6 is 0 Å². The molecular formula is C14H14F3N3. The van der Waals surface area contributed by atoms with Crippen molar-refractivity contribution in [2.75, 3.05) is 11.9 Å². The quantitative estimate of drug-likeness (QED) is 0.927. The van der Waals surface area contributed by atoms with Crippen molar-refractivity contribution >= 4 is 5.82 Å². The highest BCUT2D eigenvalue weighted by Gasteiger charge is 2.35.